The number of methoxy groups -OCH3 is 2. The first-order valence-corrected chi connectivity index (χ1v) is 8.17. The lowest BCUT2D eigenvalue weighted by atomic mass is 10.0. The minimum atomic E-state index is 0.180. The topological polar surface area (TPSA) is 54.0 Å². The van der Waals surface area contributed by atoms with E-state index in [1.165, 1.54) is 5.56 Å². The van der Waals surface area contributed by atoms with Crippen LogP contribution in [0.2, 0.25) is 0 Å². The van der Waals surface area contributed by atoms with Crippen LogP contribution in [-0.4, -0.2) is 43.9 Å². The molecule has 0 bridgehead atoms. The maximum atomic E-state index is 10.0. The summed E-state index contributed by atoms with van der Waals surface area (Å²) in [7, 11) is 3.30. The number of benzene rings is 2. The van der Waals surface area contributed by atoms with Crippen molar-refractivity contribution < 1.29 is 14.6 Å². The lowest BCUT2D eigenvalue weighted by Crippen LogP contribution is -2.45. The molecule has 1 saturated heterocycles. The number of phenols is 1. The van der Waals surface area contributed by atoms with Crippen LogP contribution < -0.4 is 14.8 Å². The van der Waals surface area contributed by atoms with E-state index in [1.54, 1.807) is 20.3 Å². The van der Waals surface area contributed by atoms with Gasteiger partial charge in [-0.2, -0.15) is 0 Å². The number of phenolic OH excluding ortho intramolecular Hbond substituents is 1. The Morgan fingerprint density at radius 3 is 2.75 bits per heavy atom. The van der Waals surface area contributed by atoms with Gasteiger partial charge in [0, 0.05) is 37.3 Å². The number of ether oxygens (including phenoxy) is 2. The van der Waals surface area contributed by atoms with Gasteiger partial charge >= 0.3 is 0 Å². The van der Waals surface area contributed by atoms with E-state index < -0.39 is 0 Å². The first-order valence-electron chi connectivity index (χ1n) is 8.17. The molecule has 5 nitrogen and oxygen atoms in total. The van der Waals surface area contributed by atoms with Gasteiger partial charge in [0.15, 0.2) is 11.5 Å². The number of nitrogens with one attached hydrogen (secondary N) is 1. The molecule has 0 aliphatic carbocycles. The van der Waals surface area contributed by atoms with Crippen LogP contribution >= 0.6 is 0 Å². The Morgan fingerprint density at radius 1 is 1.12 bits per heavy atom. The lowest BCUT2D eigenvalue weighted by Gasteiger charge is -2.37. The zero-order valence-corrected chi connectivity index (χ0v) is 14.2. The molecule has 3 rings (SSSR count). The average Bonchev–Trinajstić information content (AvgIpc) is 2.62. The highest BCUT2D eigenvalue weighted by Gasteiger charge is 2.27. The summed E-state index contributed by atoms with van der Waals surface area (Å²) in [4.78, 5) is 2.39. The van der Waals surface area contributed by atoms with Gasteiger partial charge in [-0.3, -0.25) is 4.90 Å². The van der Waals surface area contributed by atoms with Crippen molar-refractivity contribution in [1.29, 1.82) is 0 Å². The third-order valence-corrected chi connectivity index (χ3v) is 4.51. The van der Waals surface area contributed by atoms with Crippen LogP contribution in [0.1, 0.15) is 17.2 Å². The lowest BCUT2D eigenvalue weighted by molar-refractivity contribution is 0.149. The molecule has 128 valence electrons. The summed E-state index contributed by atoms with van der Waals surface area (Å²) >= 11 is 0. The van der Waals surface area contributed by atoms with Crippen molar-refractivity contribution >= 4 is 0 Å². The van der Waals surface area contributed by atoms with Gasteiger partial charge in [0.25, 0.3) is 0 Å². The van der Waals surface area contributed by atoms with Crippen LogP contribution in [0.5, 0.6) is 17.2 Å². The summed E-state index contributed by atoms with van der Waals surface area (Å²) in [5.41, 5.74) is 2.16. The van der Waals surface area contributed by atoms with Crippen LogP contribution in [0.25, 0.3) is 0 Å². The van der Waals surface area contributed by atoms with E-state index in [4.69, 9.17) is 9.47 Å². The van der Waals surface area contributed by atoms with Gasteiger partial charge in [-0.15, -0.1) is 0 Å². The number of rotatable bonds is 5. The van der Waals surface area contributed by atoms with E-state index in [1.807, 2.05) is 30.3 Å². The summed E-state index contributed by atoms with van der Waals surface area (Å²) in [5, 5.41) is 13.5. The van der Waals surface area contributed by atoms with E-state index in [-0.39, 0.29) is 11.8 Å². The first-order chi connectivity index (χ1) is 11.7. The Bertz CT molecular complexity index is 690. The monoisotopic (exact) mass is 328 g/mol. The van der Waals surface area contributed by atoms with Crippen LogP contribution in [0.3, 0.4) is 0 Å². The minimum Gasteiger partial charge on any atom is -0.504 e. The zero-order valence-electron chi connectivity index (χ0n) is 14.2. The second-order valence-corrected chi connectivity index (χ2v) is 5.90. The van der Waals surface area contributed by atoms with Crippen molar-refractivity contribution in [3.8, 4) is 17.2 Å². The van der Waals surface area contributed by atoms with Crippen LogP contribution in [0.4, 0.5) is 0 Å². The number of hydrogen-bond donors (Lipinski definition) is 2. The number of para-hydroxylation sites is 2. The molecule has 5 heteroatoms. The van der Waals surface area contributed by atoms with E-state index in [2.05, 4.69) is 16.3 Å². The molecular weight excluding hydrogens is 304 g/mol. The molecule has 1 atom stereocenters. The van der Waals surface area contributed by atoms with Crippen molar-refractivity contribution in [3.63, 3.8) is 0 Å². The molecule has 2 aromatic carbocycles. The summed E-state index contributed by atoms with van der Waals surface area (Å²) in [6.07, 6.45) is 0. The highest BCUT2D eigenvalue weighted by molar-refractivity contribution is 5.45. The predicted molar refractivity (Wildman–Crippen MR) is 93.7 cm³/mol. The molecule has 0 saturated carbocycles. The Hall–Kier alpha value is -2.24. The number of piperazine rings is 1. The Kier molecular flexibility index (Phi) is 5.23. The fourth-order valence-electron chi connectivity index (χ4n) is 3.33. The van der Waals surface area contributed by atoms with Crippen LogP contribution in [-0.2, 0) is 6.54 Å². The summed E-state index contributed by atoms with van der Waals surface area (Å²) in [6.45, 7) is 3.43. The third-order valence-electron chi connectivity index (χ3n) is 4.51. The zero-order chi connectivity index (χ0) is 16.9. The first kappa shape index (κ1) is 16.6. The highest BCUT2D eigenvalue weighted by atomic mass is 16.5. The van der Waals surface area contributed by atoms with Crippen molar-refractivity contribution in [3.05, 3.63) is 53.6 Å². The average molecular weight is 328 g/mol. The van der Waals surface area contributed by atoms with Crippen molar-refractivity contribution in [2.75, 3.05) is 33.9 Å². The van der Waals surface area contributed by atoms with Crippen LogP contribution in [0, 0.1) is 0 Å². The van der Waals surface area contributed by atoms with Gasteiger partial charge in [0.1, 0.15) is 5.75 Å². The normalized spacial score (nSPS) is 18.3. The minimum absolute atomic E-state index is 0.180. The fourth-order valence-corrected chi connectivity index (χ4v) is 3.33. The van der Waals surface area contributed by atoms with Crippen LogP contribution in [0.15, 0.2) is 42.5 Å². The van der Waals surface area contributed by atoms with Crippen molar-refractivity contribution in [1.82, 2.24) is 10.2 Å². The fraction of sp³-hybridized carbons (Fsp3) is 0.368. The SMILES string of the molecule is COc1ccccc1C1CNCCN1Cc1cccc(O)c1OC. The largest absolute Gasteiger partial charge is 0.504 e. The quantitative estimate of drug-likeness (QED) is 0.883. The number of aromatic hydroxyl groups is 1. The van der Waals surface area contributed by atoms with E-state index in [0.29, 0.717) is 12.3 Å². The molecule has 0 radical (unpaired) electrons. The van der Waals surface area contributed by atoms with E-state index >= 15 is 0 Å². The van der Waals surface area contributed by atoms with Gasteiger partial charge in [-0.05, 0) is 12.1 Å². The predicted octanol–water partition coefficient (Wildman–Crippen LogP) is 2.56. The molecule has 24 heavy (non-hydrogen) atoms. The molecule has 1 fully saturated rings. The maximum absolute atomic E-state index is 10.0. The molecule has 1 heterocycles. The Labute approximate surface area is 142 Å². The second kappa shape index (κ2) is 7.55. The highest BCUT2D eigenvalue weighted by Crippen LogP contribution is 2.35. The molecule has 0 amide bonds. The standard InChI is InChI=1S/C19H24N2O3/c1-23-18-9-4-3-7-15(18)16-12-20-10-11-21(16)13-14-6-5-8-17(22)19(14)24-2/h3-9,16,20,22H,10-13H2,1-2H3. The van der Waals surface area contributed by atoms with Gasteiger partial charge < -0.3 is 19.9 Å². The van der Waals surface area contributed by atoms with Gasteiger partial charge in [-0.1, -0.05) is 30.3 Å². The van der Waals surface area contributed by atoms with Gasteiger partial charge in [0.05, 0.1) is 20.3 Å². The number of nitrogens with zero attached hydrogens (tertiary/aromatic N) is 1. The molecule has 0 spiro atoms. The second-order valence-electron chi connectivity index (χ2n) is 5.90. The molecule has 0 aromatic heterocycles. The molecule has 2 aromatic rings. The van der Waals surface area contributed by atoms with E-state index in [0.717, 1.165) is 30.9 Å². The summed E-state index contributed by atoms with van der Waals surface area (Å²) < 4.78 is 10.9. The van der Waals surface area contributed by atoms with Gasteiger partial charge in [0.2, 0.25) is 0 Å². The molecule has 1 aliphatic rings. The Balaban J connectivity index is 1.89. The molecule has 1 unspecified atom stereocenters. The molecule has 1 aliphatic heterocycles. The molecular formula is C19H24N2O3. The summed E-state index contributed by atoms with van der Waals surface area (Å²) in [6, 6.07) is 13.9. The van der Waals surface area contributed by atoms with E-state index in [9.17, 15) is 5.11 Å². The van der Waals surface area contributed by atoms with Gasteiger partial charge in [-0.25, -0.2) is 0 Å². The number of hydrogen-bond acceptors (Lipinski definition) is 5. The third kappa shape index (κ3) is 3.32. The smallest absolute Gasteiger partial charge is 0.164 e. The molecule has 2 N–H and O–H groups in total. The van der Waals surface area contributed by atoms with Crippen molar-refractivity contribution in [2.24, 2.45) is 0 Å². The summed E-state index contributed by atoms with van der Waals surface area (Å²) in [5.74, 6) is 1.63. The maximum Gasteiger partial charge on any atom is 0.164 e. The Morgan fingerprint density at radius 2 is 1.96 bits per heavy atom. The van der Waals surface area contributed by atoms with Crippen molar-refractivity contribution in [2.45, 2.75) is 12.6 Å².